The summed E-state index contributed by atoms with van der Waals surface area (Å²) < 4.78 is 11.3. The molecule has 0 atom stereocenters. The summed E-state index contributed by atoms with van der Waals surface area (Å²) in [5.74, 6) is 0.948. The van der Waals surface area contributed by atoms with Crippen LogP contribution in [-0.2, 0) is 10.3 Å². The van der Waals surface area contributed by atoms with Crippen molar-refractivity contribution in [2.75, 3.05) is 6.61 Å². The van der Waals surface area contributed by atoms with Crippen molar-refractivity contribution in [3.05, 3.63) is 34.6 Å². The number of hydrogen-bond acceptors (Lipinski definition) is 5. The first-order valence-electron chi connectivity index (χ1n) is 6.91. The molecule has 2 aromatic heterocycles. The van der Waals surface area contributed by atoms with E-state index in [-0.39, 0.29) is 5.56 Å². The SMILES string of the molecule is CCOC1(c2nc(-c3cc[nH]c(=O)c3)no2)CCCC1. The fraction of sp³-hybridized carbons (Fsp3) is 0.500. The summed E-state index contributed by atoms with van der Waals surface area (Å²) in [6.45, 7) is 2.58. The average Bonchev–Trinajstić information content (AvgIpc) is 3.08. The smallest absolute Gasteiger partial charge is 0.259 e. The number of nitrogens with one attached hydrogen (secondary N) is 1. The van der Waals surface area contributed by atoms with Gasteiger partial charge < -0.3 is 14.2 Å². The number of H-pyrrole nitrogens is 1. The third-order valence-electron chi connectivity index (χ3n) is 3.68. The van der Waals surface area contributed by atoms with Crippen LogP contribution in [-0.4, -0.2) is 21.7 Å². The molecular formula is C14H17N3O3. The molecule has 6 nitrogen and oxygen atoms in total. The molecule has 2 heterocycles. The largest absolute Gasteiger partial charge is 0.365 e. The van der Waals surface area contributed by atoms with Gasteiger partial charge in [0.25, 0.3) is 5.89 Å². The zero-order chi connectivity index (χ0) is 14.0. The third kappa shape index (κ3) is 2.27. The quantitative estimate of drug-likeness (QED) is 0.925. The Morgan fingerprint density at radius 3 is 2.95 bits per heavy atom. The van der Waals surface area contributed by atoms with Crippen LogP contribution in [0.4, 0.5) is 0 Å². The second-order valence-electron chi connectivity index (χ2n) is 5.00. The van der Waals surface area contributed by atoms with Crippen LogP contribution in [0.15, 0.2) is 27.6 Å². The van der Waals surface area contributed by atoms with Crippen molar-refractivity contribution in [1.29, 1.82) is 0 Å². The van der Waals surface area contributed by atoms with E-state index in [4.69, 9.17) is 9.26 Å². The highest BCUT2D eigenvalue weighted by atomic mass is 16.5. The molecule has 1 aliphatic rings. The predicted molar refractivity (Wildman–Crippen MR) is 72.1 cm³/mol. The topological polar surface area (TPSA) is 81.0 Å². The lowest BCUT2D eigenvalue weighted by atomic mass is 10.0. The Balaban J connectivity index is 1.95. The summed E-state index contributed by atoms with van der Waals surface area (Å²) >= 11 is 0. The number of aromatic nitrogens is 3. The van der Waals surface area contributed by atoms with E-state index in [0.717, 1.165) is 25.7 Å². The molecule has 1 N–H and O–H groups in total. The molecule has 2 aromatic rings. The van der Waals surface area contributed by atoms with Gasteiger partial charge in [-0.15, -0.1) is 0 Å². The Labute approximate surface area is 116 Å². The van der Waals surface area contributed by atoms with Gasteiger partial charge in [0.15, 0.2) is 0 Å². The van der Waals surface area contributed by atoms with E-state index in [1.54, 1.807) is 12.3 Å². The Morgan fingerprint density at radius 1 is 1.45 bits per heavy atom. The molecule has 0 bridgehead atoms. The lowest BCUT2D eigenvalue weighted by Crippen LogP contribution is -2.26. The van der Waals surface area contributed by atoms with E-state index < -0.39 is 5.60 Å². The maximum Gasteiger partial charge on any atom is 0.259 e. The minimum atomic E-state index is -0.443. The molecule has 0 spiro atoms. The second-order valence-corrected chi connectivity index (χ2v) is 5.00. The van der Waals surface area contributed by atoms with Gasteiger partial charge >= 0.3 is 0 Å². The van der Waals surface area contributed by atoms with E-state index in [9.17, 15) is 4.79 Å². The van der Waals surface area contributed by atoms with Crippen molar-refractivity contribution in [1.82, 2.24) is 15.1 Å². The van der Waals surface area contributed by atoms with Crippen molar-refractivity contribution >= 4 is 0 Å². The first kappa shape index (κ1) is 13.1. The van der Waals surface area contributed by atoms with Gasteiger partial charge in [-0.25, -0.2) is 0 Å². The Bertz CT molecular complexity index is 641. The molecular weight excluding hydrogens is 258 g/mol. The van der Waals surface area contributed by atoms with Crippen LogP contribution in [0.3, 0.4) is 0 Å². The Kier molecular flexibility index (Phi) is 3.40. The van der Waals surface area contributed by atoms with Crippen LogP contribution < -0.4 is 5.56 Å². The second kappa shape index (κ2) is 5.20. The molecule has 1 fully saturated rings. The highest BCUT2D eigenvalue weighted by molar-refractivity contribution is 5.52. The van der Waals surface area contributed by atoms with Crippen LogP contribution >= 0.6 is 0 Å². The van der Waals surface area contributed by atoms with E-state index in [1.807, 2.05) is 6.92 Å². The average molecular weight is 275 g/mol. The van der Waals surface area contributed by atoms with E-state index in [2.05, 4.69) is 15.1 Å². The van der Waals surface area contributed by atoms with Gasteiger partial charge in [0.2, 0.25) is 11.4 Å². The number of ether oxygens (including phenoxy) is 1. The molecule has 0 aliphatic heterocycles. The van der Waals surface area contributed by atoms with E-state index in [0.29, 0.717) is 23.9 Å². The summed E-state index contributed by atoms with van der Waals surface area (Å²) in [6, 6.07) is 3.20. The normalized spacial score (nSPS) is 17.4. The third-order valence-corrected chi connectivity index (χ3v) is 3.68. The minimum Gasteiger partial charge on any atom is -0.365 e. The van der Waals surface area contributed by atoms with Crippen molar-refractivity contribution in [3.8, 4) is 11.4 Å². The molecule has 6 heteroatoms. The van der Waals surface area contributed by atoms with Crippen molar-refractivity contribution < 1.29 is 9.26 Å². The zero-order valence-corrected chi connectivity index (χ0v) is 11.4. The summed E-state index contributed by atoms with van der Waals surface area (Å²) in [4.78, 5) is 18.3. The number of pyridine rings is 1. The summed E-state index contributed by atoms with van der Waals surface area (Å²) in [5, 5.41) is 3.98. The van der Waals surface area contributed by atoms with Crippen LogP contribution in [0.1, 0.15) is 38.5 Å². The Morgan fingerprint density at radius 2 is 2.25 bits per heavy atom. The van der Waals surface area contributed by atoms with E-state index >= 15 is 0 Å². The standard InChI is InChI=1S/C14H17N3O3/c1-2-19-14(6-3-4-7-14)13-16-12(17-20-13)10-5-8-15-11(18)9-10/h5,8-9H,2-4,6-7H2,1H3,(H,15,18). The van der Waals surface area contributed by atoms with Gasteiger partial charge in [-0.2, -0.15) is 4.98 Å². The Hall–Kier alpha value is -1.95. The van der Waals surface area contributed by atoms with Crippen molar-refractivity contribution in [3.63, 3.8) is 0 Å². The lowest BCUT2D eigenvalue weighted by molar-refractivity contribution is -0.0610. The highest BCUT2D eigenvalue weighted by Gasteiger charge is 2.41. The fourth-order valence-corrected chi connectivity index (χ4v) is 2.75. The van der Waals surface area contributed by atoms with Gasteiger partial charge in [0, 0.05) is 24.4 Å². The molecule has 0 unspecified atom stereocenters. The molecule has 0 amide bonds. The van der Waals surface area contributed by atoms with Gasteiger partial charge in [0.1, 0.15) is 5.60 Å². The maximum atomic E-state index is 11.3. The predicted octanol–water partition coefficient (Wildman–Crippen LogP) is 2.23. The van der Waals surface area contributed by atoms with Gasteiger partial charge in [-0.05, 0) is 38.7 Å². The number of hydrogen-bond donors (Lipinski definition) is 1. The molecule has 3 rings (SSSR count). The summed E-state index contributed by atoms with van der Waals surface area (Å²) in [5.41, 5.74) is 0.0175. The first-order chi connectivity index (χ1) is 9.73. The molecule has 20 heavy (non-hydrogen) atoms. The van der Waals surface area contributed by atoms with Gasteiger partial charge in [0.05, 0.1) is 0 Å². The molecule has 0 saturated heterocycles. The molecule has 1 saturated carbocycles. The number of rotatable bonds is 4. The molecule has 106 valence electrons. The zero-order valence-electron chi connectivity index (χ0n) is 11.4. The molecule has 1 aliphatic carbocycles. The van der Waals surface area contributed by atoms with Crippen molar-refractivity contribution in [2.45, 2.75) is 38.2 Å². The summed E-state index contributed by atoms with van der Waals surface area (Å²) in [7, 11) is 0. The first-order valence-corrected chi connectivity index (χ1v) is 6.91. The number of nitrogens with zero attached hydrogens (tertiary/aromatic N) is 2. The number of aromatic amines is 1. The van der Waals surface area contributed by atoms with Gasteiger partial charge in [-0.1, -0.05) is 5.16 Å². The highest BCUT2D eigenvalue weighted by Crippen LogP contribution is 2.41. The minimum absolute atomic E-state index is 0.186. The van der Waals surface area contributed by atoms with Crippen molar-refractivity contribution in [2.24, 2.45) is 0 Å². The van der Waals surface area contributed by atoms with Crippen LogP contribution in [0, 0.1) is 0 Å². The van der Waals surface area contributed by atoms with Crippen LogP contribution in [0.2, 0.25) is 0 Å². The fourth-order valence-electron chi connectivity index (χ4n) is 2.75. The maximum absolute atomic E-state index is 11.3. The molecule has 0 radical (unpaired) electrons. The van der Waals surface area contributed by atoms with Gasteiger partial charge in [-0.3, -0.25) is 4.79 Å². The van der Waals surface area contributed by atoms with E-state index in [1.165, 1.54) is 6.07 Å². The van der Waals surface area contributed by atoms with Crippen LogP contribution in [0.25, 0.3) is 11.4 Å². The monoisotopic (exact) mass is 275 g/mol. The van der Waals surface area contributed by atoms with Crippen LogP contribution in [0.5, 0.6) is 0 Å². The molecule has 0 aromatic carbocycles. The lowest BCUT2D eigenvalue weighted by Gasteiger charge is -2.24. The summed E-state index contributed by atoms with van der Waals surface area (Å²) in [6.07, 6.45) is 5.57.